The Kier molecular flexibility index (Phi) is 4.45. The van der Waals surface area contributed by atoms with Gasteiger partial charge in [-0.3, -0.25) is 4.79 Å². The molecule has 0 aromatic heterocycles. The van der Waals surface area contributed by atoms with Crippen LogP contribution in [0.25, 0.3) is 10.4 Å². The fourth-order valence-electron chi connectivity index (χ4n) is 1.20. The molecule has 6 nitrogen and oxygen atoms in total. The second kappa shape index (κ2) is 5.63. The van der Waals surface area contributed by atoms with Crippen molar-refractivity contribution in [3.05, 3.63) is 38.2 Å². The molecule has 0 aliphatic rings. The van der Waals surface area contributed by atoms with Gasteiger partial charge in [0.15, 0.2) is 5.75 Å². The molecule has 90 valence electrons. The minimum absolute atomic E-state index is 0.0116. The summed E-state index contributed by atoms with van der Waals surface area (Å²) in [6, 6.07) is 1.49. The maximum Gasteiger partial charge on any atom is 0.312 e. The van der Waals surface area contributed by atoms with Crippen LogP contribution in [0.4, 0.5) is 0 Å². The zero-order valence-corrected chi connectivity index (χ0v) is 9.85. The van der Waals surface area contributed by atoms with Crippen LogP contribution < -0.4 is 0 Å². The van der Waals surface area contributed by atoms with E-state index in [2.05, 4.69) is 10.0 Å². The molecule has 0 radical (unpaired) electrons. The van der Waals surface area contributed by atoms with Crippen LogP contribution in [0.2, 0.25) is 10.0 Å². The van der Waals surface area contributed by atoms with E-state index in [0.29, 0.717) is 5.56 Å². The van der Waals surface area contributed by atoms with Gasteiger partial charge in [0.2, 0.25) is 0 Å². The minimum atomic E-state index is -1.25. The van der Waals surface area contributed by atoms with Crippen molar-refractivity contribution in [1.82, 2.24) is 0 Å². The Morgan fingerprint density at radius 3 is 2.41 bits per heavy atom. The van der Waals surface area contributed by atoms with Crippen molar-refractivity contribution in [2.45, 2.75) is 12.5 Å². The number of phenolic OH excluding ortho intramolecular Hbond substituents is 1. The highest BCUT2D eigenvalue weighted by Gasteiger charge is 2.17. The van der Waals surface area contributed by atoms with E-state index in [1.807, 2.05) is 0 Å². The molecule has 1 aromatic rings. The molecule has 17 heavy (non-hydrogen) atoms. The summed E-state index contributed by atoms with van der Waals surface area (Å²) < 4.78 is 0. The maximum atomic E-state index is 10.8. The van der Waals surface area contributed by atoms with Crippen LogP contribution in [0, 0.1) is 0 Å². The van der Waals surface area contributed by atoms with Gasteiger partial charge in [-0.25, -0.2) is 0 Å². The summed E-state index contributed by atoms with van der Waals surface area (Å²) in [5, 5.41) is 21.3. The number of carbonyl (C=O) groups is 1. The average Bonchev–Trinajstić information content (AvgIpc) is 2.25. The highest BCUT2D eigenvalue weighted by atomic mass is 35.5. The standard InChI is InChI=1S/C9H7Cl2N3O3/c10-5-1-4(2-6(11)8(5)15)3-7(9(16)17)13-14-12/h1-2,7,15H,3H2,(H,16,17)/t7-/m0/s1. The molecule has 1 aromatic carbocycles. The van der Waals surface area contributed by atoms with Crippen LogP contribution in [-0.4, -0.2) is 22.2 Å². The highest BCUT2D eigenvalue weighted by molar-refractivity contribution is 6.37. The highest BCUT2D eigenvalue weighted by Crippen LogP contribution is 2.33. The predicted octanol–water partition coefficient (Wildman–Crippen LogP) is 3.01. The number of phenols is 1. The smallest absolute Gasteiger partial charge is 0.312 e. The van der Waals surface area contributed by atoms with Crippen molar-refractivity contribution in [2.24, 2.45) is 5.11 Å². The first-order valence-electron chi connectivity index (χ1n) is 4.39. The van der Waals surface area contributed by atoms with Crippen LogP contribution in [0.3, 0.4) is 0 Å². The lowest BCUT2D eigenvalue weighted by Crippen LogP contribution is -2.19. The van der Waals surface area contributed by atoms with Crippen molar-refractivity contribution >= 4 is 29.2 Å². The van der Waals surface area contributed by atoms with Gasteiger partial charge in [0.25, 0.3) is 0 Å². The van der Waals surface area contributed by atoms with Crippen LogP contribution in [0.1, 0.15) is 5.56 Å². The average molecular weight is 276 g/mol. The normalized spacial score (nSPS) is 11.6. The minimum Gasteiger partial charge on any atom is -0.505 e. The number of azide groups is 1. The number of carboxylic acids is 1. The third-order valence-corrected chi connectivity index (χ3v) is 2.56. The Labute approximate surface area is 106 Å². The molecular formula is C9H7Cl2N3O3. The van der Waals surface area contributed by atoms with Crippen molar-refractivity contribution in [3.63, 3.8) is 0 Å². The first-order valence-corrected chi connectivity index (χ1v) is 5.15. The van der Waals surface area contributed by atoms with Crippen LogP contribution in [-0.2, 0) is 11.2 Å². The number of benzene rings is 1. The summed E-state index contributed by atoms with van der Waals surface area (Å²) in [7, 11) is 0. The van der Waals surface area contributed by atoms with E-state index in [-0.39, 0.29) is 22.2 Å². The largest absolute Gasteiger partial charge is 0.505 e. The van der Waals surface area contributed by atoms with Gasteiger partial charge in [-0.2, -0.15) is 0 Å². The Morgan fingerprint density at radius 1 is 1.47 bits per heavy atom. The summed E-state index contributed by atoms with van der Waals surface area (Å²) in [6.07, 6.45) is -0.0564. The van der Waals surface area contributed by atoms with Crippen molar-refractivity contribution in [3.8, 4) is 5.75 Å². The maximum absolute atomic E-state index is 10.8. The lowest BCUT2D eigenvalue weighted by molar-refractivity contribution is -0.138. The zero-order chi connectivity index (χ0) is 13.0. The summed E-state index contributed by atoms with van der Waals surface area (Å²) in [6.45, 7) is 0. The fraction of sp³-hybridized carbons (Fsp3) is 0.222. The molecular weight excluding hydrogens is 269 g/mol. The molecule has 0 spiro atoms. The predicted molar refractivity (Wildman–Crippen MR) is 62.4 cm³/mol. The molecule has 1 atom stereocenters. The van der Waals surface area contributed by atoms with Crippen molar-refractivity contribution in [2.75, 3.05) is 0 Å². The summed E-state index contributed by atoms with van der Waals surface area (Å²) in [4.78, 5) is 13.2. The van der Waals surface area contributed by atoms with E-state index in [1.54, 1.807) is 0 Å². The van der Waals surface area contributed by atoms with Crippen molar-refractivity contribution in [1.29, 1.82) is 0 Å². The van der Waals surface area contributed by atoms with Gasteiger partial charge >= 0.3 is 5.97 Å². The molecule has 0 amide bonds. The molecule has 0 fully saturated rings. The van der Waals surface area contributed by atoms with Gasteiger partial charge in [-0.05, 0) is 29.6 Å². The van der Waals surface area contributed by atoms with E-state index in [0.717, 1.165) is 0 Å². The van der Waals surface area contributed by atoms with Gasteiger partial charge in [0.05, 0.1) is 10.0 Å². The molecule has 0 heterocycles. The first kappa shape index (κ1) is 13.4. The Morgan fingerprint density at radius 2 is 2.00 bits per heavy atom. The molecule has 1 rings (SSSR count). The number of aliphatic carboxylic acids is 1. The molecule has 0 unspecified atom stereocenters. The zero-order valence-electron chi connectivity index (χ0n) is 8.34. The number of aromatic hydroxyl groups is 1. The number of nitrogens with zero attached hydrogens (tertiary/aromatic N) is 3. The Bertz CT molecular complexity index is 475. The molecule has 0 aliphatic carbocycles. The summed E-state index contributed by atoms with van der Waals surface area (Å²) >= 11 is 11.3. The second-order valence-corrected chi connectivity index (χ2v) is 3.99. The van der Waals surface area contributed by atoms with Crippen LogP contribution in [0.5, 0.6) is 5.75 Å². The lowest BCUT2D eigenvalue weighted by atomic mass is 10.1. The monoisotopic (exact) mass is 275 g/mol. The van der Waals surface area contributed by atoms with E-state index in [1.165, 1.54) is 12.1 Å². The van der Waals surface area contributed by atoms with Gasteiger partial charge in [0.1, 0.15) is 6.04 Å². The van der Waals surface area contributed by atoms with E-state index < -0.39 is 12.0 Å². The third-order valence-electron chi connectivity index (χ3n) is 1.98. The number of hydrogen-bond donors (Lipinski definition) is 2. The van der Waals surface area contributed by atoms with Crippen LogP contribution >= 0.6 is 23.2 Å². The SMILES string of the molecule is [N-]=[N+]=N[C@@H](Cc1cc(Cl)c(O)c(Cl)c1)C(=O)O. The number of halogens is 2. The Balaban J connectivity index is 3.02. The quantitative estimate of drug-likeness (QED) is 0.501. The van der Waals surface area contributed by atoms with Crippen LogP contribution in [0.15, 0.2) is 17.2 Å². The molecule has 0 aliphatic heterocycles. The topological polar surface area (TPSA) is 106 Å². The second-order valence-electron chi connectivity index (χ2n) is 3.17. The van der Waals surface area contributed by atoms with Gasteiger partial charge < -0.3 is 10.2 Å². The molecule has 0 bridgehead atoms. The molecule has 2 N–H and O–H groups in total. The summed E-state index contributed by atoms with van der Waals surface area (Å²) in [5.41, 5.74) is 8.68. The number of hydrogen-bond acceptors (Lipinski definition) is 3. The summed E-state index contributed by atoms with van der Waals surface area (Å²) in [5.74, 6) is -1.52. The molecule has 0 saturated heterocycles. The van der Waals surface area contributed by atoms with Gasteiger partial charge in [-0.15, -0.1) is 0 Å². The lowest BCUT2D eigenvalue weighted by Gasteiger charge is -2.08. The third kappa shape index (κ3) is 3.42. The van der Waals surface area contributed by atoms with Gasteiger partial charge in [0, 0.05) is 4.91 Å². The number of carboxylic acid groups (broad SMARTS) is 1. The van der Waals surface area contributed by atoms with E-state index >= 15 is 0 Å². The Hall–Kier alpha value is -1.62. The van der Waals surface area contributed by atoms with E-state index in [4.69, 9.17) is 33.8 Å². The number of rotatable bonds is 4. The first-order chi connectivity index (χ1) is 7.95. The molecule has 0 saturated carbocycles. The molecule has 8 heteroatoms. The van der Waals surface area contributed by atoms with Crippen molar-refractivity contribution < 1.29 is 15.0 Å². The van der Waals surface area contributed by atoms with E-state index in [9.17, 15) is 9.90 Å². The fourth-order valence-corrected chi connectivity index (χ4v) is 1.73. The van der Waals surface area contributed by atoms with Gasteiger partial charge in [-0.1, -0.05) is 28.3 Å².